The van der Waals surface area contributed by atoms with Gasteiger partial charge in [-0.05, 0) is 24.3 Å². The number of benzene rings is 1. The van der Waals surface area contributed by atoms with E-state index in [0.717, 1.165) is 6.42 Å². The molecule has 0 amide bonds. The molecule has 1 aromatic rings. The molecule has 0 heterocycles. The van der Waals surface area contributed by atoms with Crippen LogP contribution in [0.15, 0.2) is 30.3 Å². The van der Waals surface area contributed by atoms with Crippen molar-refractivity contribution in [3.05, 3.63) is 35.9 Å². The van der Waals surface area contributed by atoms with Crippen LogP contribution in [0.2, 0.25) is 0 Å². The van der Waals surface area contributed by atoms with Gasteiger partial charge in [0.2, 0.25) is 0 Å². The molecule has 1 aromatic carbocycles. The van der Waals surface area contributed by atoms with E-state index in [0.29, 0.717) is 11.8 Å². The lowest BCUT2D eigenvalue weighted by atomic mass is 9.96. The third-order valence-electron chi connectivity index (χ3n) is 4.07. The van der Waals surface area contributed by atoms with Crippen LogP contribution in [0.4, 0.5) is 0 Å². The molecular weight excluding hydrogens is 172 g/mol. The Bertz CT molecular complexity index is 357. The van der Waals surface area contributed by atoms with Crippen molar-refractivity contribution >= 4 is 6.29 Å². The lowest BCUT2D eigenvalue weighted by Gasteiger charge is -2.07. The van der Waals surface area contributed by atoms with Gasteiger partial charge in [0.05, 0.1) is 0 Å². The highest BCUT2D eigenvalue weighted by molar-refractivity contribution is 5.70. The standard InChI is InChI=1S/C13H14O/c14-9-13-8-4-7-11(13)12(13)10-5-2-1-3-6-10/h1-3,5-6,9,11-12H,4,7-8H2/t11-,12-,13+/m0/s1. The summed E-state index contributed by atoms with van der Waals surface area (Å²) in [6.07, 6.45) is 4.83. The zero-order valence-corrected chi connectivity index (χ0v) is 8.15. The largest absolute Gasteiger partial charge is 0.303 e. The molecule has 0 aromatic heterocycles. The van der Waals surface area contributed by atoms with Gasteiger partial charge in [-0.15, -0.1) is 0 Å². The summed E-state index contributed by atoms with van der Waals surface area (Å²) < 4.78 is 0. The molecule has 2 fully saturated rings. The first kappa shape index (κ1) is 8.22. The van der Waals surface area contributed by atoms with Gasteiger partial charge < -0.3 is 4.79 Å². The number of hydrogen-bond acceptors (Lipinski definition) is 1. The van der Waals surface area contributed by atoms with Gasteiger partial charge >= 0.3 is 0 Å². The molecule has 72 valence electrons. The van der Waals surface area contributed by atoms with Crippen LogP contribution in [0.25, 0.3) is 0 Å². The number of rotatable bonds is 2. The first-order valence-corrected chi connectivity index (χ1v) is 5.40. The highest BCUT2D eigenvalue weighted by Gasteiger charge is 2.66. The molecule has 1 nitrogen and oxygen atoms in total. The van der Waals surface area contributed by atoms with E-state index in [4.69, 9.17) is 0 Å². The van der Waals surface area contributed by atoms with E-state index in [9.17, 15) is 4.79 Å². The SMILES string of the molecule is O=C[C@]12CCC[C@H]1[C@@H]2c1ccccc1. The number of aldehydes is 1. The smallest absolute Gasteiger partial charge is 0.127 e. The summed E-state index contributed by atoms with van der Waals surface area (Å²) in [5.74, 6) is 1.19. The van der Waals surface area contributed by atoms with Crippen molar-refractivity contribution < 1.29 is 4.79 Å². The second-order valence-electron chi connectivity index (χ2n) is 4.62. The number of hydrogen-bond donors (Lipinski definition) is 0. The van der Waals surface area contributed by atoms with E-state index >= 15 is 0 Å². The Morgan fingerprint density at radius 3 is 2.71 bits per heavy atom. The Kier molecular flexibility index (Phi) is 1.58. The van der Waals surface area contributed by atoms with Gasteiger partial charge in [-0.25, -0.2) is 0 Å². The van der Waals surface area contributed by atoms with Gasteiger partial charge in [-0.3, -0.25) is 0 Å². The van der Waals surface area contributed by atoms with Crippen molar-refractivity contribution in [3.63, 3.8) is 0 Å². The molecule has 2 saturated carbocycles. The minimum Gasteiger partial charge on any atom is -0.303 e. The van der Waals surface area contributed by atoms with Gasteiger partial charge in [0.15, 0.2) is 0 Å². The zero-order chi connectivity index (χ0) is 9.60. The number of carbonyl (C=O) groups is 1. The third-order valence-corrected chi connectivity index (χ3v) is 4.07. The second kappa shape index (κ2) is 2.69. The maximum absolute atomic E-state index is 11.2. The molecule has 0 bridgehead atoms. The Balaban J connectivity index is 1.94. The lowest BCUT2D eigenvalue weighted by molar-refractivity contribution is -0.112. The summed E-state index contributed by atoms with van der Waals surface area (Å²) in [6.45, 7) is 0. The van der Waals surface area contributed by atoms with Crippen molar-refractivity contribution in [1.82, 2.24) is 0 Å². The molecular formula is C13H14O. The summed E-state index contributed by atoms with van der Waals surface area (Å²) >= 11 is 0. The Morgan fingerprint density at radius 1 is 1.29 bits per heavy atom. The van der Waals surface area contributed by atoms with Gasteiger partial charge in [-0.2, -0.15) is 0 Å². The van der Waals surface area contributed by atoms with Crippen molar-refractivity contribution in [2.45, 2.75) is 25.2 Å². The van der Waals surface area contributed by atoms with Crippen LogP contribution in [0, 0.1) is 11.3 Å². The molecule has 0 N–H and O–H groups in total. The second-order valence-corrected chi connectivity index (χ2v) is 4.62. The quantitative estimate of drug-likeness (QED) is 0.649. The molecule has 0 saturated heterocycles. The van der Waals surface area contributed by atoms with E-state index < -0.39 is 0 Å². The third kappa shape index (κ3) is 0.875. The molecule has 14 heavy (non-hydrogen) atoms. The van der Waals surface area contributed by atoms with Crippen LogP contribution in [0.5, 0.6) is 0 Å². The van der Waals surface area contributed by atoms with Gasteiger partial charge in [0.25, 0.3) is 0 Å². The van der Waals surface area contributed by atoms with Gasteiger partial charge in [0.1, 0.15) is 6.29 Å². The van der Waals surface area contributed by atoms with Crippen LogP contribution < -0.4 is 0 Å². The Morgan fingerprint density at radius 2 is 2.07 bits per heavy atom. The summed E-state index contributed by atoms with van der Waals surface area (Å²) in [5, 5.41) is 0. The fourth-order valence-electron chi connectivity index (χ4n) is 3.37. The Labute approximate surface area is 84.1 Å². The normalized spacial score (nSPS) is 39.1. The lowest BCUT2D eigenvalue weighted by Crippen LogP contribution is -2.03. The highest BCUT2D eigenvalue weighted by Crippen LogP contribution is 2.71. The van der Waals surface area contributed by atoms with Crippen LogP contribution >= 0.6 is 0 Å². The highest BCUT2D eigenvalue weighted by atomic mass is 16.1. The predicted molar refractivity (Wildman–Crippen MR) is 55.0 cm³/mol. The monoisotopic (exact) mass is 186 g/mol. The molecule has 0 aliphatic heterocycles. The molecule has 0 unspecified atom stereocenters. The summed E-state index contributed by atoms with van der Waals surface area (Å²) in [6, 6.07) is 10.5. The predicted octanol–water partition coefficient (Wildman–Crippen LogP) is 2.77. The van der Waals surface area contributed by atoms with Crippen LogP contribution in [0.3, 0.4) is 0 Å². The van der Waals surface area contributed by atoms with Crippen molar-refractivity contribution in [1.29, 1.82) is 0 Å². The van der Waals surface area contributed by atoms with E-state index in [1.165, 1.54) is 24.7 Å². The number of carbonyl (C=O) groups excluding carboxylic acids is 1. The zero-order valence-electron chi connectivity index (χ0n) is 8.15. The van der Waals surface area contributed by atoms with Gasteiger partial charge in [-0.1, -0.05) is 36.8 Å². The number of fused-ring (bicyclic) bond motifs is 1. The molecule has 0 spiro atoms. The molecule has 0 radical (unpaired) electrons. The Hall–Kier alpha value is -1.11. The first-order valence-electron chi connectivity index (χ1n) is 5.40. The van der Waals surface area contributed by atoms with Gasteiger partial charge in [0, 0.05) is 11.3 Å². The maximum atomic E-state index is 11.2. The molecule has 2 aliphatic rings. The fraction of sp³-hybridized carbons (Fsp3) is 0.462. The average molecular weight is 186 g/mol. The molecule has 3 atom stereocenters. The van der Waals surface area contributed by atoms with E-state index in [1.54, 1.807) is 0 Å². The van der Waals surface area contributed by atoms with Crippen LogP contribution in [-0.4, -0.2) is 6.29 Å². The average Bonchev–Trinajstić information content (AvgIpc) is 2.69. The molecule has 3 rings (SSSR count). The maximum Gasteiger partial charge on any atom is 0.127 e. The van der Waals surface area contributed by atoms with E-state index in [2.05, 4.69) is 24.3 Å². The van der Waals surface area contributed by atoms with E-state index in [1.807, 2.05) is 6.07 Å². The van der Waals surface area contributed by atoms with Crippen molar-refractivity contribution in [2.24, 2.45) is 11.3 Å². The summed E-state index contributed by atoms with van der Waals surface area (Å²) in [4.78, 5) is 11.2. The minimum absolute atomic E-state index is 0.0430. The minimum atomic E-state index is 0.0430. The summed E-state index contributed by atoms with van der Waals surface area (Å²) in [5.41, 5.74) is 1.41. The van der Waals surface area contributed by atoms with Crippen LogP contribution in [0.1, 0.15) is 30.7 Å². The van der Waals surface area contributed by atoms with Crippen LogP contribution in [-0.2, 0) is 4.79 Å². The molecule has 1 heteroatoms. The first-order chi connectivity index (χ1) is 6.88. The van der Waals surface area contributed by atoms with Crippen molar-refractivity contribution in [3.8, 4) is 0 Å². The molecule has 2 aliphatic carbocycles. The van der Waals surface area contributed by atoms with E-state index in [-0.39, 0.29) is 5.41 Å². The fourth-order valence-corrected chi connectivity index (χ4v) is 3.37. The summed E-state index contributed by atoms with van der Waals surface area (Å²) in [7, 11) is 0. The van der Waals surface area contributed by atoms with Crippen molar-refractivity contribution in [2.75, 3.05) is 0 Å². The topological polar surface area (TPSA) is 17.1 Å².